The molecule has 7 nitrogen and oxygen atoms in total. The Hall–Kier alpha value is -2.67. The number of nitrogens with zero attached hydrogens (tertiary/aromatic N) is 4. The van der Waals surface area contributed by atoms with E-state index in [2.05, 4.69) is 14.9 Å². The van der Waals surface area contributed by atoms with Crippen molar-refractivity contribution in [2.24, 2.45) is 0 Å². The second-order valence-electron chi connectivity index (χ2n) is 7.92. The minimum absolute atomic E-state index is 0.161. The first-order valence-electron chi connectivity index (χ1n) is 10.4. The topological polar surface area (TPSA) is 84.6 Å². The molecule has 1 aromatic heterocycles. The highest BCUT2D eigenvalue weighted by molar-refractivity contribution is 5.78. The Balaban J connectivity index is 1.54. The van der Waals surface area contributed by atoms with Gasteiger partial charge in [0.15, 0.2) is 0 Å². The lowest BCUT2D eigenvalue weighted by Crippen LogP contribution is -2.44. The minimum atomic E-state index is 0.161. The number of rotatable bonds is 5. The summed E-state index contributed by atoms with van der Waals surface area (Å²) in [5.74, 6) is 1.47. The number of nitrogens with two attached hydrogens (primary N) is 1. The number of likely N-dealkylation sites (tertiary alicyclic amines) is 2. The molecule has 0 aliphatic carbocycles. The maximum absolute atomic E-state index is 12.8. The Morgan fingerprint density at radius 2 is 1.93 bits per heavy atom. The van der Waals surface area contributed by atoms with Crippen LogP contribution in [0.2, 0.25) is 0 Å². The summed E-state index contributed by atoms with van der Waals surface area (Å²) in [5, 5.41) is 0. The molecular weight excluding hydrogens is 366 g/mol. The first-order valence-corrected chi connectivity index (χ1v) is 10.4. The summed E-state index contributed by atoms with van der Waals surface area (Å²) in [4.78, 5) is 25.9. The number of ether oxygens (including phenoxy) is 1. The molecule has 2 aliphatic heterocycles. The van der Waals surface area contributed by atoms with Crippen LogP contribution < -0.4 is 10.5 Å². The van der Waals surface area contributed by atoms with E-state index in [-0.39, 0.29) is 17.8 Å². The van der Waals surface area contributed by atoms with Gasteiger partial charge >= 0.3 is 0 Å². The van der Waals surface area contributed by atoms with Gasteiger partial charge in [-0.15, -0.1) is 0 Å². The second kappa shape index (κ2) is 8.78. The Kier molecular flexibility index (Phi) is 5.94. The third kappa shape index (κ3) is 4.50. The molecule has 1 amide bonds. The van der Waals surface area contributed by atoms with Gasteiger partial charge in [-0.05, 0) is 56.5 Å². The van der Waals surface area contributed by atoms with Gasteiger partial charge in [-0.3, -0.25) is 9.69 Å². The van der Waals surface area contributed by atoms with Crippen molar-refractivity contribution in [1.29, 1.82) is 0 Å². The fourth-order valence-corrected chi connectivity index (χ4v) is 4.37. The molecule has 0 radical (unpaired) electrons. The highest BCUT2D eigenvalue weighted by Gasteiger charge is 2.29. The molecule has 0 spiro atoms. The molecule has 1 atom stereocenters. The average Bonchev–Trinajstić information content (AvgIpc) is 3.27. The fourth-order valence-electron chi connectivity index (χ4n) is 4.37. The molecule has 4 rings (SSSR count). The van der Waals surface area contributed by atoms with Crippen molar-refractivity contribution in [2.45, 2.75) is 31.6 Å². The quantitative estimate of drug-likeness (QED) is 0.837. The second-order valence-corrected chi connectivity index (χ2v) is 7.92. The van der Waals surface area contributed by atoms with E-state index in [4.69, 9.17) is 10.5 Å². The van der Waals surface area contributed by atoms with Crippen LogP contribution in [0.1, 0.15) is 37.3 Å². The largest absolute Gasteiger partial charge is 0.497 e. The summed E-state index contributed by atoms with van der Waals surface area (Å²) >= 11 is 0. The van der Waals surface area contributed by atoms with Crippen molar-refractivity contribution < 1.29 is 9.53 Å². The molecule has 2 aromatic rings. The number of hydrogen-bond acceptors (Lipinski definition) is 6. The van der Waals surface area contributed by atoms with Crippen molar-refractivity contribution in [1.82, 2.24) is 19.8 Å². The molecule has 1 aromatic carbocycles. The average molecular weight is 396 g/mol. The molecule has 154 valence electrons. The Morgan fingerprint density at radius 1 is 1.17 bits per heavy atom. The van der Waals surface area contributed by atoms with Gasteiger partial charge in [-0.1, -0.05) is 12.1 Å². The molecule has 7 heteroatoms. The van der Waals surface area contributed by atoms with Crippen LogP contribution in [0, 0.1) is 0 Å². The first kappa shape index (κ1) is 19.6. The van der Waals surface area contributed by atoms with E-state index in [0.717, 1.165) is 55.0 Å². The Bertz CT molecular complexity index is 849. The van der Waals surface area contributed by atoms with Gasteiger partial charge in [0.05, 0.1) is 19.3 Å². The number of anilines is 1. The number of carbonyl (C=O) groups is 1. The van der Waals surface area contributed by atoms with E-state index in [1.165, 1.54) is 12.8 Å². The molecule has 0 bridgehead atoms. The summed E-state index contributed by atoms with van der Waals surface area (Å²) in [6.07, 6.45) is 6.16. The monoisotopic (exact) mass is 395 g/mol. The molecule has 0 saturated carbocycles. The van der Waals surface area contributed by atoms with Crippen LogP contribution in [0.5, 0.6) is 5.75 Å². The lowest BCUT2D eigenvalue weighted by molar-refractivity contribution is -0.133. The molecule has 2 N–H and O–H groups in total. The zero-order valence-electron chi connectivity index (χ0n) is 17.0. The summed E-state index contributed by atoms with van der Waals surface area (Å²) < 4.78 is 5.27. The Labute approximate surface area is 171 Å². The van der Waals surface area contributed by atoms with Gasteiger partial charge in [0.2, 0.25) is 11.9 Å². The normalized spacial score (nSPS) is 20.0. The van der Waals surface area contributed by atoms with Crippen LogP contribution in [-0.2, 0) is 4.79 Å². The molecule has 3 heterocycles. The lowest BCUT2D eigenvalue weighted by Gasteiger charge is -2.34. The van der Waals surface area contributed by atoms with Gasteiger partial charge < -0.3 is 15.4 Å². The highest BCUT2D eigenvalue weighted by atomic mass is 16.5. The van der Waals surface area contributed by atoms with Gasteiger partial charge in [0.1, 0.15) is 5.75 Å². The molecule has 2 aliphatic rings. The summed E-state index contributed by atoms with van der Waals surface area (Å²) in [6.45, 7) is 4.11. The number of hydrogen-bond donors (Lipinski definition) is 1. The van der Waals surface area contributed by atoms with Crippen molar-refractivity contribution in [3.05, 3.63) is 36.2 Å². The number of aromatic nitrogens is 2. The summed E-state index contributed by atoms with van der Waals surface area (Å²) in [5.41, 5.74) is 8.87. The van der Waals surface area contributed by atoms with Crippen LogP contribution >= 0.6 is 0 Å². The zero-order valence-corrected chi connectivity index (χ0v) is 17.0. The number of methoxy groups -OCH3 is 1. The van der Waals surface area contributed by atoms with Crippen molar-refractivity contribution in [3.8, 4) is 16.9 Å². The van der Waals surface area contributed by atoms with E-state index < -0.39 is 0 Å². The molecule has 1 unspecified atom stereocenters. The molecular formula is C22H29N5O2. The minimum Gasteiger partial charge on any atom is -0.497 e. The van der Waals surface area contributed by atoms with E-state index in [1.54, 1.807) is 13.3 Å². The third-order valence-electron chi connectivity index (χ3n) is 5.96. The Morgan fingerprint density at radius 3 is 2.66 bits per heavy atom. The van der Waals surface area contributed by atoms with Crippen LogP contribution in [-0.4, -0.2) is 65.5 Å². The summed E-state index contributed by atoms with van der Waals surface area (Å²) in [7, 11) is 1.66. The van der Waals surface area contributed by atoms with Crippen molar-refractivity contribution in [3.63, 3.8) is 0 Å². The number of amides is 1. The number of nitrogen functional groups attached to an aromatic ring is 1. The van der Waals surface area contributed by atoms with Crippen molar-refractivity contribution >= 4 is 11.9 Å². The SMILES string of the molecule is COc1ccc(-c2cnc(N)nc2C2CCCN(C(=O)CN3CCCC3)C2)cc1. The maximum Gasteiger partial charge on any atom is 0.236 e. The van der Waals surface area contributed by atoms with Gasteiger partial charge in [-0.2, -0.15) is 0 Å². The standard InChI is InChI=1S/C22H29N5O2/c1-29-18-8-6-16(7-9-18)19-13-24-22(23)25-21(19)17-5-4-12-27(14-17)20(28)15-26-10-2-3-11-26/h6-9,13,17H,2-5,10-12,14-15H2,1H3,(H2,23,24,25). The van der Waals surface area contributed by atoms with E-state index >= 15 is 0 Å². The zero-order chi connectivity index (χ0) is 20.2. The molecule has 29 heavy (non-hydrogen) atoms. The predicted octanol–water partition coefficient (Wildman–Crippen LogP) is 2.54. The first-order chi connectivity index (χ1) is 14.1. The van der Waals surface area contributed by atoms with Gasteiger partial charge in [0.25, 0.3) is 0 Å². The van der Waals surface area contributed by atoms with Crippen LogP contribution in [0.4, 0.5) is 5.95 Å². The smallest absolute Gasteiger partial charge is 0.236 e. The fraction of sp³-hybridized carbons (Fsp3) is 0.500. The number of benzene rings is 1. The van der Waals surface area contributed by atoms with Crippen LogP contribution in [0.3, 0.4) is 0 Å². The molecule has 2 fully saturated rings. The number of carbonyl (C=O) groups excluding carboxylic acids is 1. The summed E-state index contributed by atoms with van der Waals surface area (Å²) in [6, 6.07) is 7.89. The van der Waals surface area contributed by atoms with E-state index in [9.17, 15) is 4.79 Å². The van der Waals surface area contributed by atoms with Crippen LogP contribution in [0.25, 0.3) is 11.1 Å². The van der Waals surface area contributed by atoms with Gasteiger partial charge in [0, 0.05) is 30.8 Å². The van der Waals surface area contributed by atoms with Crippen LogP contribution in [0.15, 0.2) is 30.5 Å². The predicted molar refractivity (Wildman–Crippen MR) is 113 cm³/mol. The maximum atomic E-state index is 12.8. The highest BCUT2D eigenvalue weighted by Crippen LogP contribution is 2.34. The number of piperidine rings is 1. The molecule has 2 saturated heterocycles. The van der Waals surface area contributed by atoms with Crippen molar-refractivity contribution in [2.75, 3.05) is 45.6 Å². The lowest BCUT2D eigenvalue weighted by atomic mass is 9.90. The van der Waals surface area contributed by atoms with E-state index in [0.29, 0.717) is 13.1 Å². The van der Waals surface area contributed by atoms with Gasteiger partial charge in [-0.25, -0.2) is 9.97 Å². The van der Waals surface area contributed by atoms with E-state index in [1.807, 2.05) is 29.2 Å². The third-order valence-corrected chi connectivity index (χ3v) is 5.96.